The number of benzene rings is 1. The average molecular weight is 357 g/mol. The van der Waals surface area contributed by atoms with Crippen LogP contribution in [0.5, 0.6) is 0 Å². The Morgan fingerprint density at radius 3 is 2.92 bits per heavy atom. The normalized spacial score (nSPS) is 10.9. The highest BCUT2D eigenvalue weighted by Crippen LogP contribution is 2.33. The van der Waals surface area contributed by atoms with Crippen LogP contribution in [-0.2, 0) is 0 Å². The molecular formula is C8H3BrFIS. The van der Waals surface area contributed by atoms with E-state index in [4.69, 9.17) is 0 Å². The van der Waals surface area contributed by atoms with E-state index >= 15 is 0 Å². The molecule has 1 heterocycles. The summed E-state index contributed by atoms with van der Waals surface area (Å²) < 4.78 is 15.8. The molecule has 0 unspecified atom stereocenters. The standard InChI is InChI=1S/C8H3BrFIS/c9-6-3-4-1-2-5(10)7(11)8(4)12-6/h1-3H. The van der Waals surface area contributed by atoms with Crippen molar-refractivity contribution in [3.8, 4) is 0 Å². The monoisotopic (exact) mass is 356 g/mol. The lowest BCUT2D eigenvalue weighted by atomic mass is 10.3. The Morgan fingerprint density at radius 2 is 2.17 bits per heavy atom. The fourth-order valence-corrected chi connectivity index (χ4v) is 3.38. The van der Waals surface area contributed by atoms with E-state index in [1.807, 2.05) is 28.7 Å². The van der Waals surface area contributed by atoms with Crippen molar-refractivity contribution in [3.05, 3.63) is 31.4 Å². The molecule has 1 aromatic carbocycles. The molecule has 0 aliphatic rings. The van der Waals surface area contributed by atoms with Gasteiger partial charge in [0.05, 0.1) is 12.1 Å². The number of fused-ring (bicyclic) bond motifs is 1. The van der Waals surface area contributed by atoms with Gasteiger partial charge >= 0.3 is 0 Å². The van der Waals surface area contributed by atoms with Gasteiger partial charge in [0, 0.05) is 0 Å². The maximum absolute atomic E-state index is 13.0. The molecule has 0 spiro atoms. The van der Waals surface area contributed by atoms with Crippen LogP contribution in [0.25, 0.3) is 10.1 Å². The van der Waals surface area contributed by atoms with Crippen LogP contribution in [0.1, 0.15) is 0 Å². The highest BCUT2D eigenvalue weighted by Gasteiger charge is 2.06. The van der Waals surface area contributed by atoms with E-state index < -0.39 is 0 Å². The maximum Gasteiger partial charge on any atom is 0.137 e. The van der Waals surface area contributed by atoms with Gasteiger partial charge < -0.3 is 0 Å². The summed E-state index contributed by atoms with van der Waals surface area (Å²) in [6, 6.07) is 5.30. The molecule has 0 atom stereocenters. The summed E-state index contributed by atoms with van der Waals surface area (Å²) >= 11 is 6.97. The molecule has 0 saturated heterocycles. The molecule has 0 N–H and O–H groups in total. The zero-order valence-corrected chi connectivity index (χ0v) is 10.3. The van der Waals surface area contributed by atoms with Crippen LogP contribution in [0.15, 0.2) is 22.0 Å². The van der Waals surface area contributed by atoms with Crippen molar-refractivity contribution in [1.82, 2.24) is 0 Å². The molecule has 0 amide bonds. The van der Waals surface area contributed by atoms with Gasteiger partial charge in [-0.05, 0) is 56.0 Å². The van der Waals surface area contributed by atoms with Crippen LogP contribution in [-0.4, -0.2) is 0 Å². The van der Waals surface area contributed by atoms with E-state index in [-0.39, 0.29) is 5.82 Å². The zero-order chi connectivity index (χ0) is 8.72. The first-order valence-electron chi connectivity index (χ1n) is 3.21. The third-order valence-electron chi connectivity index (χ3n) is 1.55. The molecule has 0 fully saturated rings. The third-order valence-corrected chi connectivity index (χ3v) is 4.64. The molecule has 0 radical (unpaired) electrons. The Bertz CT molecular complexity index is 438. The minimum Gasteiger partial charge on any atom is -0.206 e. The Morgan fingerprint density at radius 1 is 1.42 bits per heavy atom. The fraction of sp³-hybridized carbons (Fsp3) is 0. The minimum atomic E-state index is -0.141. The molecule has 0 saturated carbocycles. The lowest BCUT2D eigenvalue weighted by Gasteiger charge is -1.93. The van der Waals surface area contributed by atoms with Crippen LogP contribution < -0.4 is 0 Å². The molecule has 1 aromatic heterocycles. The molecule has 4 heteroatoms. The quantitative estimate of drug-likeness (QED) is 0.613. The Hall–Kier alpha value is 0.320. The van der Waals surface area contributed by atoms with E-state index in [1.54, 1.807) is 17.4 Å². The van der Waals surface area contributed by atoms with Gasteiger partial charge in [0.15, 0.2) is 0 Å². The molecular weight excluding hydrogens is 354 g/mol. The molecule has 2 rings (SSSR count). The van der Waals surface area contributed by atoms with Gasteiger partial charge in [-0.1, -0.05) is 6.07 Å². The van der Waals surface area contributed by atoms with Crippen molar-refractivity contribution < 1.29 is 4.39 Å². The Balaban J connectivity index is 2.89. The molecule has 62 valence electrons. The van der Waals surface area contributed by atoms with E-state index in [9.17, 15) is 4.39 Å². The number of thiophene rings is 1. The molecule has 2 aromatic rings. The van der Waals surface area contributed by atoms with Crippen LogP contribution in [0.4, 0.5) is 4.39 Å². The summed E-state index contributed by atoms with van der Waals surface area (Å²) in [5.74, 6) is -0.141. The van der Waals surface area contributed by atoms with Crippen LogP contribution in [0.3, 0.4) is 0 Å². The topological polar surface area (TPSA) is 0 Å². The van der Waals surface area contributed by atoms with E-state index in [0.29, 0.717) is 3.57 Å². The molecule has 0 nitrogen and oxygen atoms in total. The van der Waals surface area contributed by atoms with E-state index in [2.05, 4.69) is 15.9 Å². The summed E-state index contributed by atoms with van der Waals surface area (Å²) in [5, 5.41) is 1.10. The first-order chi connectivity index (χ1) is 5.68. The van der Waals surface area contributed by atoms with Gasteiger partial charge in [0.2, 0.25) is 0 Å². The van der Waals surface area contributed by atoms with Gasteiger partial charge in [-0.3, -0.25) is 0 Å². The smallest absolute Gasteiger partial charge is 0.137 e. The van der Waals surface area contributed by atoms with E-state index in [1.165, 1.54) is 6.07 Å². The van der Waals surface area contributed by atoms with Gasteiger partial charge in [-0.15, -0.1) is 11.3 Å². The summed E-state index contributed by atoms with van der Waals surface area (Å²) in [7, 11) is 0. The van der Waals surface area contributed by atoms with Crippen LogP contribution >= 0.6 is 49.9 Å². The van der Waals surface area contributed by atoms with Crippen LogP contribution in [0.2, 0.25) is 0 Å². The average Bonchev–Trinajstić information content (AvgIpc) is 2.39. The third kappa shape index (κ3) is 1.40. The highest BCUT2D eigenvalue weighted by molar-refractivity contribution is 14.1. The van der Waals surface area contributed by atoms with Crippen molar-refractivity contribution >= 4 is 59.9 Å². The van der Waals surface area contributed by atoms with Gasteiger partial charge in [-0.25, -0.2) is 4.39 Å². The van der Waals surface area contributed by atoms with Crippen LogP contribution in [0, 0.1) is 9.39 Å². The lowest BCUT2D eigenvalue weighted by Crippen LogP contribution is -1.78. The van der Waals surface area contributed by atoms with Crippen molar-refractivity contribution in [2.75, 3.05) is 0 Å². The number of halogens is 3. The number of hydrogen-bond donors (Lipinski definition) is 0. The second-order valence-electron chi connectivity index (χ2n) is 2.33. The number of rotatable bonds is 0. The SMILES string of the molecule is Fc1ccc2cc(Br)sc2c1I. The molecule has 0 aliphatic carbocycles. The first kappa shape index (κ1) is 8.90. The lowest BCUT2D eigenvalue weighted by molar-refractivity contribution is 0.623. The van der Waals surface area contributed by atoms with E-state index in [0.717, 1.165) is 13.9 Å². The molecule has 12 heavy (non-hydrogen) atoms. The van der Waals surface area contributed by atoms with Gasteiger partial charge in [0.25, 0.3) is 0 Å². The fourth-order valence-electron chi connectivity index (χ4n) is 1.01. The van der Waals surface area contributed by atoms with Crippen molar-refractivity contribution in [2.24, 2.45) is 0 Å². The van der Waals surface area contributed by atoms with Gasteiger partial charge in [0.1, 0.15) is 5.82 Å². The molecule has 0 aliphatic heterocycles. The second kappa shape index (κ2) is 3.23. The molecule has 0 bridgehead atoms. The number of hydrogen-bond acceptors (Lipinski definition) is 1. The first-order valence-corrected chi connectivity index (χ1v) is 5.90. The zero-order valence-electron chi connectivity index (χ0n) is 5.77. The summed E-state index contributed by atoms with van der Waals surface area (Å²) in [5.41, 5.74) is 0. The summed E-state index contributed by atoms with van der Waals surface area (Å²) in [6.07, 6.45) is 0. The summed E-state index contributed by atoms with van der Waals surface area (Å²) in [4.78, 5) is 0. The van der Waals surface area contributed by atoms with Crippen molar-refractivity contribution in [3.63, 3.8) is 0 Å². The maximum atomic E-state index is 13.0. The highest BCUT2D eigenvalue weighted by atomic mass is 127. The van der Waals surface area contributed by atoms with Gasteiger partial charge in [-0.2, -0.15) is 0 Å². The predicted molar refractivity (Wildman–Crippen MR) is 62.2 cm³/mol. The largest absolute Gasteiger partial charge is 0.206 e. The summed E-state index contributed by atoms with van der Waals surface area (Å²) in [6.45, 7) is 0. The van der Waals surface area contributed by atoms with Crippen molar-refractivity contribution in [1.29, 1.82) is 0 Å². The Labute approximate surface area is 95.0 Å². The van der Waals surface area contributed by atoms with Crippen molar-refractivity contribution in [2.45, 2.75) is 0 Å². The second-order valence-corrected chi connectivity index (χ2v) is 5.84. The minimum absolute atomic E-state index is 0.141. The Kier molecular flexibility index (Phi) is 2.39. The predicted octanol–water partition coefficient (Wildman–Crippen LogP) is 4.41.